The fraction of sp³-hybridized carbons (Fsp3) is 0. The zero-order valence-electron chi connectivity index (χ0n) is 8.69. The van der Waals surface area contributed by atoms with E-state index in [0.29, 0.717) is 0 Å². The molecule has 19 heavy (non-hydrogen) atoms. The molecule has 0 saturated carbocycles. The third-order valence-corrected chi connectivity index (χ3v) is 0. The van der Waals surface area contributed by atoms with E-state index in [1.165, 1.54) is 0 Å². The van der Waals surface area contributed by atoms with Gasteiger partial charge in [0.15, 0.2) is 0 Å². The first-order chi connectivity index (χ1) is 7.07. The van der Waals surface area contributed by atoms with Crippen LogP contribution in [-0.2, 0) is 25.2 Å². The predicted octanol–water partition coefficient (Wildman–Crippen LogP) is -13.8. The molecule has 0 radical (unpaired) electrons. The average molecular weight is 343 g/mol. The van der Waals surface area contributed by atoms with Crippen LogP contribution in [-0.4, -0.2) is 80.8 Å². The van der Waals surface area contributed by atoms with Gasteiger partial charge in [0.1, 0.15) is 0 Å². The van der Waals surface area contributed by atoms with Gasteiger partial charge in [-0.15, -0.1) is 0 Å². The number of hydrogen-bond acceptors (Lipinski definition) is 15. The second-order valence-electron chi connectivity index (χ2n) is 0.340. The first-order valence-corrected chi connectivity index (χ1v) is 1.67. The average Bonchev–Trinajstić information content (AvgIpc) is 2.09. The molecule has 0 bridgehead atoms. The molecule has 0 aromatic carbocycles. The fourth-order valence-electron chi connectivity index (χ4n) is 0. The van der Waals surface area contributed by atoms with Crippen LogP contribution >= 0.6 is 0 Å². The van der Waals surface area contributed by atoms with Crippen molar-refractivity contribution in [2.45, 2.75) is 0 Å². The molecule has 0 aromatic rings. The molecule has 0 N–H and O–H groups in total. The summed E-state index contributed by atoms with van der Waals surface area (Å²) in [6.07, 6.45) is 0. The summed E-state index contributed by atoms with van der Waals surface area (Å²) in [6.45, 7) is 0. The second-order valence-corrected chi connectivity index (χ2v) is 0.340. The predicted molar refractivity (Wildman–Crippen MR) is 28.4 cm³/mol. The van der Waals surface area contributed by atoms with Gasteiger partial charge < -0.3 is 77.8 Å². The van der Waals surface area contributed by atoms with Crippen LogP contribution in [0.25, 0.3) is 0 Å². The standard InChI is InChI=1S/2Al.2Mg.5H2O3/c;;;;5*1-3-2/h;;;;5*1-2H/q2*+3;2*+2;;;;;/p-10. The van der Waals surface area contributed by atoms with Crippen LogP contribution in [0.3, 0.4) is 0 Å². The molecule has 0 aliphatic rings. The van der Waals surface area contributed by atoms with Crippen molar-refractivity contribution in [2.75, 3.05) is 0 Å². The first-order valence-electron chi connectivity index (χ1n) is 1.67. The smallest absolute Gasteiger partial charge is 0.734 e. The Morgan fingerprint density at radius 1 is 0.316 bits per heavy atom. The summed E-state index contributed by atoms with van der Waals surface area (Å²) in [6, 6.07) is 0. The van der Waals surface area contributed by atoms with Crippen molar-refractivity contribution >= 4 is 80.8 Å². The molecule has 0 atom stereocenters. The van der Waals surface area contributed by atoms with Gasteiger partial charge in [-0.05, 0) is 0 Å². The van der Waals surface area contributed by atoms with Crippen molar-refractivity contribution in [3.63, 3.8) is 0 Å². The molecule has 0 spiro atoms. The molecule has 0 aliphatic carbocycles. The molecular weight excluding hydrogens is 343 g/mol. The van der Waals surface area contributed by atoms with Gasteiger partial charge in [0.25, 0.3) is 0 Å². The SMILES string of the molecule is [Al+3].[Al+3].[Mg+2].[Mg+2].[O-]O[O-].[O-]O[O-].[O-]O[O-].[O-]O[O-].[O-]O[O-]. The van der Waals surface area contributed by atoms with E-state index >= 15 is 0 Å². The Labute approximate surface area is 157 Å². The van der Waals surface area contributed by atoms with E-state index in [4.69, 9.17) is 52.6 Å². The summed E-state index contributed by atoms with van der Waals surface area (Å²) < 4.78 is 0. The summed E-state index contributed by atoms with van der Waals surface area (Å²) >= 11 is 0. The van der Waals surface area contributed by atoms with Crippen molar-refractivity contribution in [1.82, 2.24) is 0 Å². The maximum atomic E-state index is 7.88. The normalized spacial score (nSPS) is 4.74. The Kier molecular flexibility index (Phi) is 453. The Bertz CT molecular complexity index is 29.7. The van der Waals surface area contributed by atoms with Crippen LogP contribution in [0.1, 0.15) is 0 Å². The number of hydrogen-bond donors (Lipinski definition) is 0. The molecule has 0 heterocycles. The van der Waals surface area contributed by atoms with E-state index in [1.54, 1.807) is 25.2 Å². The Balaban J connectivity index is -0.00000000893. The molecule has 0 aliphatic heterocycles. The summed E-state index contributed by atoms with van der Waals surface area (Å²) in [5.41, 5.74) is 0. The van der Waals surface area contributed by atoms with Crippen LogP contribution in [0.4, 0.5) is 0 Å². The third-order valence-electron chi connectivity index (χ3n) is 0. The monoisotopic (exact) mass is 342 g/mol. The Hall–Kier alpha value is 2.00. The Morgan fingerprint density at radius 3 is 0.316 bits per heavy atom. The van der Waals surface area contributed by atoms with Gasteiger partial charge in [-0.2, -0.15) is 0 Å². The largest absolute Gasteiger partial charge is 3.00 e. The molecule has 19 heteroatoms. The van der Waals surface area contributed by atoms with Crippen LogP contribution in [0, 0.1) is 0 Å². The molecule has 100 valence electrons. The molecule has 0 saturated heterocycles. The minimum absolute atomic E-state index is 0. The van der Waals surface area contributed by atoms with E-state index in [-0.39, 0.29) is 80.8 Å². The van der Waals surface area contributed by atoms with E-state index < -0.39 is 0 Å². The summed E-state index contributed by atoms with van der Waals surface area (Å²) in [5.74, 6) is 0. The van der Waals surface area contributed by atoms with E-state index in [9.17, 15) is 0 Å². The van der Waals surface area contributed by atoms with Gasteiger partial charge in [-0.25, -0.2) is 0 Å². The summed E-state index contributed by atoms with van der Waals surface area (Å²) in [4.78, 5) is 0. The van der Waals surface area contributed by atoms with Crippen LogP contribution in [0.5, 0.6) is 0 Å². The van der Waals surface area contributed by atoms with Crippen molar-refractivity contribution in [3.05, 3.63) is 0 Å². The minimum atomic E-state index is 0. The quantitative estimate of drug-likeness (QED) is 0.224. The molecule has 0 rings (SSSR count). The maximum absolute atomic E-state index is 7.88. The molecular formula is Al2Mg2O15. The van der Waals surface area contributed by atoms with Crippen LogP contribution in [0.15, 0.2) is 0 Å². The van der Waals surface area contributed by atoms with Gasteiger partial charge in [0.05, 0.1) is 0 Å². The van der Waals surface area contributed by atoms with Crippen molar-refractivity contribution in [3.8, 4) is 0 Å². The fourth-order valence-corrected chi connectivity index (χ4v) is 0. The third kappa shape index (κ3) is 1620. The van der Waals surface area contributed by atoms with E-state index in [0.717, 1.165) is 0 Å². The first kappa shape index (κ1) is 58.3. The maximum Gasteiger partial charge on any atom is 3.00 e. The van der Waals surface area contributed by atoms with E-state index in [2.05, 4.69) is 0 Å². The molecule has 0 amide bonds. The molecule has 0 aromatic heterocycles. The Morgan fingerprint density at radius 2 is 0.316 bits per heavy atom. The molecule has 15 nitrogen and oxygen atoms in total. The van der Waals surface area contributed by atoms with Crippen LogP contribution in [0.2, 0.25) is 0 Å². The molecule has 0 unspecified atom stereocenters. The topological polar surface area (TPSA) is 277 Å². The van der Waals surface area contributed by atoms with Gasteiger partial charge >= 0.3 is 80.8 Å². The minimum Gasteiger partial charge on any atom is -0.734 e. The zero-order chi connectivity index (χ0) is 13.5. The van der Waals surface area contributed by atoms with Crippen LogP contribution < -0.4 is 52.6 Å². The van der Waals surface area contributed by atoms with E-state index in [1.807, 2.05) is 0 Å². The molecule has 0 fully saturated rings. The summed E-state index contributed by atoms with van der Waals surface area (Å²) in [5, 5.41) is 87.5. The second kappa shape index (κ2) is 147. The van der Waals surface area contributed by atoms with Crippen molar-refractivity contribution in [1.29, 1.82) is 0 Å². The van der Waals surface area contributed by atoms with Gasteiger partial charge in [-0.1, -0.05) is 0 Å². The van der Waals surface area contributed by atoms with Crippen molar-refractivity contribution < 1.29 is 77.8 Å². The summed E-state index contributed by atoms with van der Waals surface area (Å²) in [7, 11) is 0. The zero-order valence-corrected chi connectivity index (χ0v) is 13.8. The van der Waals surface area contributed by atoms with Crippen molar-refractivity contribution in [2.24, 2.45) is 0 Å². The number of rotatable bonds is 0. The van der Waals surface area contributed by atoms with Gasteiger partial charge in [-0.3, -0.25) is 0 Å². The van der Waals surface area contributed by atoms with Gasteiger partial charge in [0, 0.05) is 0 Å². The van der Waals surface area contributed by atoms with Gasteiger partial charge in [0.2, 0.25) is 0 Å².